The van der Waals surface area contributed by atoms with Crippen LogP contribution in [0, 0.1) is 0 Å². The molecule has 30 heavy (non-hydrogen) atoms. The number of hydrogen-bond acceptors (Lipinski definition) is 6. The second-order valence-corrected chi connectivity index (χ2v) is 8.72. The maximum atomic E-state index is 11.0. The molecule has 0 aromatic rings. The van der Waals surface area contributed by atoms with Gasteiger partial charge in [0.15, 0.2) is 0 Å². The van der Waals surface area contributed by atoms with E-state index >= 15 is 0 Å². The quantitative estimate of drug-likeness (QED) is 0.245. The van der Waals surface area contributed by atoms with Crippen molar-refractivity contribution < 1.29 is 24.2 Å². The lowest BCUT2D eigenvalue weighted by Crippen LogP contribution is -2.42. The average Bonchev–Trinajstić information content (AvgIpc) is 2.72. The second kappa shape index (κ2) is 16.0. The number of carbonyl (C=O) groups is 3. The van der Waals surface area contributed by atoms with Crippen LogP contribution in [0.5, 0.6) is 0 Å². The summed E-state index contributed by atoms with van der Waals surface area (Å²) in [6.07, 6.45) is 14.6. The average molecular weight is 444 g/mol. The Morgan fingerprint density at radius 2 is 1.60 bits per heavy atom. The minimum Gasteiger partial charge on any atom is -0.480 e. The van der Waals surface area contributed by atoms with Crippen LogP contribution in [0.3, 0.4) is 0 Å². The van der Waals surface area contributed by atoms with Gasteiger partial charge in [0, 0.05) is 24.8 Å². The third-order valence-electron chi connectivity index (χ3n) is 5.17. The summed E-state index contributed by atoms with van der Waals surface area (Å²) in [5, 5.41) is 17.3. The van der Waals surface area contributed by atoms with Crippen molar-refractivity contribution in [3.05, 3.63) is 12.8 Å². The predicted molar refractivity (Wildman–Crippen MR) is 119 cm³/mol. The van der Waals surface area contributed by atoms with E-state index in [0.29, 0.717) is 0 Å². The Morgan fingerprint density at radius 1 is 1.07 bits per heavy atom. The van der Waals surface area contributed by atoms with E-state index in [-0.39, 0.29) is 17.5 Å². The van der Waals surface area contributed by atoms with Crippen LogP contribution in [0.4, 0.5) is 4.79 Å². The minimum atomic E-state index is -1.18. The molecule has 8 nitrogen and oxygen atoms in total. The molecule has 2 amide bonds. The summed E-state index contributed by atoms with van der Waals surface area (Å²) >= 11 is 1.17. The van der Waals surface area contributed by atoms with Crippen LogP contribution in [0.2, 0.25) is 0 Å². The van der Waals surface area contributed by atoms with E-state index in [2.05, 4.69) is 27.3 Å². The summed E-state index contributed by atoms with van der Waals surface area (Å²) in [5.74, 6) is -0.996. The lowest BCUT2D eigenvalue weighted by molar-refractivity contribution is -0.138. The first-order valence-electron chi connectivity index (χ1n) is 10.8. The zero-order valence-electron chi connectivity index (χ0n) is 18.0. The molecule has 0 spiro atoms. The van der Waals surface area contributed by atoms with Crippen LogP contribution in [0.1, 0.15) is 71.1 Å². The Labute approximate surface area is 184 Å². The van der Waals surface area contributed by atoms with E-state index in [4.69, 9.17) is 5.11 Å². The van der Waals surface area contributed by atoms with Crippen LogP contribution < -0.4 is 16.0 Å². The van der Waals surface area contributed by atoms with E-state index in [1.807, 2.05) is 0 Å². The minimum absolute atomic E-state index is 0.113. The van der Waals surface area contributed by atoms with E-state index in [9.17, 15) is 14.4 Å². The van der Waals surface area contributed by atoms with Crippen LogP contribution >= 0.6 is 11.8 Å². The van der Waals surface area contributed by atoms with Crippen molar-refractivity contribution >= 4 is 29.7 Å². The van der Waals surface area contributed by atoms with Gasteiger partial charge in [0.25, 0.3) is 0 Å². The summed E-state index contributed by atoms with van der Waals surface area (Å²) in [6, 6.07) is 0.662. The molecule has 1 atom stereocenters. The number of amides is 2. The molecule has 0 aliphatic heterocycles. The molecule has 9 heteroatoms. The van der Waals surface area contributed by atoms with Gasteiger partial charge in [0.1, 0.15) is 6.04 Å². The Bertz CT molecular complexity index is 519. The standard InChI is InChI=1S/C12H23N.C9H14N2O5S/c1-3-7-11(8-4-1)13-12-9-5-2-6-10-12;1-3-16-9(15)11-7(8(13)14)4-17-5-10-6(2)12/h11-13H,1-10H2;3,7H,1,4-5H2,2H3,(H,10,12)(H,11,15)(H,13,14)/t;7-/m.0/s1. The second-order valence-electron chi connectivity index (χ2n) is 7.69. The smallest absolute Gasteiger partial charge is 0.412 e. The normalized spacial score (nSPS) is 18.3. The lowest BCUT2D eigenvalue weighted by Gasteiger charge is -2.30. The number of carboxylic acid groups (broad SMARTS) is 1. The van der Waals surface area contributed by atoms with Crippen molar-refractivity contribution in [2.45, 2.75) is 89.3 Å². The highest BCUT2D eigenvalue weighted by molar-refractivity contribution is 7.99. The summed E-state index contributed by atoms with van der Waals surface area (Å²) in [5.41, 5.74) is 0. The molecule has 0 saturated heterocycles. The molecule has 0 unspecified atom stereocenters. The first-order chi connectivity index (χ1) is 14.4. The number of aliphatic carboxylic acids is 1. The number of carboxylic acids is 1. The molecular formula is C21H37N3O5S. The number of hydrogen-bond donors (Lipinski definition) is 4. The van der Waals surface area contributed by atoms with E-state index < -0.39 is 18.1 Å². The molecule has 2 rings (SSSR count). The van der Waals surface area contributed by atoms with Gasteiger partial charge in [0.2, 0.25) is 5.91 Å². The Hall–Kier alpha value is -1.74. The molecule has 2 saturated carbocycles. The third kappa shape index (κ3) is 12.7. The summed E-state index contributed by atoms with van der Waals surface area (Å²) in [4.78, 5) is 32.3. The number of thioether (sulfide) groups is 1. The molecule has 2 aliphatic carbocycles. The van der Waals surface area contributed by atoms with E-state index in [1.54, 1.807) is 0 Å². The van der Waals surface area contributed by atoms with Crippen molar-refractivity contribution in [2.24, 2.45) is 0 Å². The number of alkyl carbamates (subject to hydrolysis) is 1. The molecule has 2 fully saturated rings. The van der Waals surface area contributed by atoms with E-state index in [1.165, 1.54) is 82.9 Å². The van der Waals surface area contributed by atoms with Gasteiger partial charge < -0.3 is 25.8 Å². The first-order valence-corrected chi connectivity index (χ1v) is 12.0. The predicted octanol–water partition coefficient (Wildman–Crippen LogP) is 3.38. The fourth-order valence-electron chi connectivity index (χ4n) is 3.63. The molecule has 0 bridgehead atoms. The van der Waals surface area contributed by atoms with Gasteiger partial charge in [-0.15, -0.1) is 11.8 Å². The number of nitrogens with one attached hydrogen (secondary N) is 3. The summed E-state index contributed by atoms with van der Waals surface area (Å²) in [7, 11) is 0. The van der Waals surface area contributed by atoms with Gasteiger partial charge in [-0.25, -0.2) is 9.59 Å². The van der Waals surface area contributed by atoms with Crippen molar-refractivity contribution in [2.75, 3.05) is 11.6 Å². The Kier molecular flexibility index (Phi) is 14.0. The van der Waals surface area contributed by atoms with Crippen molar-refractivity contribution in [1.29, 1.82) is 0 Å². The van der Waals surface area contributed by atoms with Gasteiger partial charge in [-0.1, -0.05) is 45.1 Å². The molecule has 0 aromatic heterocycles. The summed E-state index contributed by atoms with van der Waals surface area (Å²) in [6.45, 7) is 4.52. The highest BCUT2D eigenvalue weighted by atomic mass is 32.2. The molecule has 0 radical (unpaired) electrons. The largest absolute Gasteiger partial charge is 0.480 e. The van der Waals surface area contributed by atoms with Crippen LogP contribution in [0.15, 0.2) is 12.8 Å². The van der Waals surface area contributed by atoms with Gasteiger partial charge in [-0.05, 0) is 25.7 Å². The van der Waals surface area contributed by atoms with E-state index in [0.717, 1.165) is 18.3 Å². The highest BCUT2D eigenvalue weighted by Gasteiger charge is 2.20. The number of carbonyl (C=O) groups excluding carboxylic acids is 2. The fourth-order valence-corrected chi connectivity index (χ4v) is 4.51. The van der Waals surface area contributed by atoms with Crippen molar-refractivity contribution in [3.63, 3.8) is 0 Å². The Morgan fingerprint density at radius 3 is 2.03 bits per heavy atom. The molecule has 0 heterocycles. The third-order valence-corrected chi connectivity index (χ3v) is 6.09. The number of rotatable bonds is 9. The van der Waals surface area contributed by atoms with Crippen LogP contribution in [-0.4, -0.2) is 52.8 Å². The molecule has 172 valence electrons. The first kappa shape index (κ1) is 26.3. The SMILES string of the molecule is C1CCC(NC2CCCCC2)CC1.C=COC(=O)N[C@@H](CSCNC(C)=O)C(=O)O. The van der Waals surface area contributed by atoms with Gasteiger partial charge in [0.05, 0.1) is 12.1 Å². The molecule has 0 aromatic carbocycles. The van der Waals surface area contributed by atoms with Gasteiger partial charge in [-0.2, -0.15) is 0 Å². The molecule has 4 N–H and O–H groups in total. The fraction of sp³-hybridized carbons (Fsp3) is 0.762. The molecule has 2 aliphatic rings. The monoisotopic (exact) mass is 443 g/mol. The Balaban J connectivity index is 0.000000308. The van der Waals surface area contributed by atoms with Crippen molar-refractivity contribution in [3.8, 4) is 0 Å². The zero-order valence-corrected chi connectivity index (χ0v) is 18.8. The van der Waals surface area contributed by atoms with Gasteiger partial charge >= 0.3 is 12.1 Å². The molecular weight excluding hydrogens is 406 g/mol. The topological polar surface area (TPSA) is 117 Å². The number of ether oxygens (including phenoxy) is 1. The zero-order chi connectivity index (χ0) is 22.2. The van der Waals surface area contributed by atoms with Crippen LogP contribution in [-0.2, 0) is 14.3 Å². The lowest BCUT2D eigenvalue weighted by atomic mass is 9.91. The highest BCUT2D eigenvalue weighted by Crippen LogP contribution is 2.22. The maximum Gasteiger partial charge on any atom is 0.412 e. The summed E-state index contributed by atoms with van der Waals surface area (Å²) < 4.78 is 4.34. The van der Waals surface area contributed by atoms with Crippen molar-refractivity contribution in [1.82, 2.24) is 16.0 Å². The maximum absolute atomic E-state index is 11.0. The van der Waals surface area contributed by atoms with Crippen LogP contribution in [0.25, 0.3) is 0 Å². The van der Waals surface area contributed by atoms with Gasteiger partial charge in [-0.3, -0.25) is 4.79 Å².